The lowest BCUT2D eigenvalue weighted by Crippen LogP contribution is -2.49. The summed E-state index contributed by atoms with van der Waals surface area (Å²) >= 11 is 0. The van der Waals surface area contributed by atoms with Crippen molar-refractivity contribution in [2.75, 3.05) is 26.2 Å². The van der Waals surface area contributed by atoms with Gasteiger partial charge in [-0.1, -0.05) is 30.3 Å². The van der Waals surface area contributed by atoms with Gasteiger partial charge >= 0.3 is 22.4 Å². The van der Waals surface area contributed by atoms with Gasteiger partial charge in [-0.2, -0.15) is 12.7 Å². The molecule has 11 heteroatoms. The van der Waals surface area contributed by atoms with Gasteiger partial charge in [-0.15, -0.1) is 0 Å². The zero-order chi connectivity index (χ0) is 24.8. The fourth-order valence-electron chi connectivity index (χ4n) is 3.90. The van der Waals surface area contributed by atoms with E-state index in [1.165, 1.54) is 4.31 Å². The molecule has 1 aromatic rings. The molecule has 0 radical (unpaired) electrons. The molecule has 2 amide bonds. The van der Waals surface area contributed by atoms with Crippen molar-refractivity contribution in [2.24, 2.45) is 0 Å². The SMILES string of the molecule is CC(C)(C)OC(=O)N1CCC(OC2CCN(S(=O)(=O)NC(=O)OCc3ccccc3)CC2)CC1. The van der Waals surface area contributed by atoms with Crippen LogP contribution in [0.3, 0.4) is 0 Å². The summed E-state index contributed by atoms with van der Waals surface area (Å²) in [7, 11) is -3.98. The Kier molecular flexibility index (Phi) is 8.78. The van der Waals surface area contributed by atoms with Crippen LogP contribution in [0.5, 0.6) is 0 Å². The molecule has 2 saturated heterocycles. The van der Waals surface area contributed by atoms with Crippen molar-refractivity contribution >= 4 is 22.4 Å². The van der Waals surface area contributed by atoms with E-state index in [0.717, 1.165) is 5.56 Å². The van der Waals surface area contributed by atoms with E-state index in [9.17, 15) is 18.0 Å². The molecule has 10 nitrogen and oxygen atoms in total. The summed E-state index contributed by atoms with van der Waals surface area (Å²) in [6.45, 7) is 7.17. The Hall–Kier alpha value is -2.37. The number of hydrogen-bond donors (Lipinski definition) is 1. The van der Waals surface area contributed by atoms with Gasteiger partial charge in [0.05, 0.1) is 12.2 Å². The zero-order valence-corrected chi connectivity index (χ0v) is 20.9. The fourth-order valence-corrected chi connectivity index (χ4v) is 4.99. The van der Waals surface area contributed by atoms with Gasteiger partial charge < -0.3 is 19.1 Å². The quantitative estimate of drug-likeness (QED) is 0.642. The molecule has 0 bridgehead atoms. The first-order chi connectivity index (χ1) is 16.0. The molecule has 2 aliphatic rings. The van der Waals surface area contributed by atoms with Crippen molar-refractivity contribution in [3.8, 4) is 0 Å². The Morgan fingerprint density at radius 2 is 1.53 bits per heavy atom. The molecule has 0 spiro atoms. The number of nitrogens with zero attached hydrogens (tertiary/aromatic N) is 2. The molecule has 0 saturated carbocycles. The van der Waals surface area contributed by atoms with Crippen molar-refractivity contribution in [1.82, 2.24) is 13.9 Å². The van der Waals surface area contributed by atoms with Gasteiger partial charge in [-0.3, -0.25) is 0 Å². The second-order valence-corrected chi connectivity index (χ2v) is 11.2. The highest BCUT2D eigenvalue weighted by molar-refractivity contribution is 7.87. The maximum atomic E-state index is 12.5. The van der Waals surface area contributed by atoms with Crippen molar-refractivity contribution in [3.05, 3.63) is 35.9 Å². The number of amides is 2. The number of ether oxygens (including phenoxy) is 3. The van der Waals surface area contributed by atoms with Gasteiger partial charge in [0.15, 0.2) is 0 Å². The van der Waals surface area contributed by atoms with Crippen LogP contribution in [0.15, 0.2) is 30.3 Å². The summed E-state index contributed by atoms with van der Waals surface area (Å²) < 4.78 is 44.9. The molecular formula is C23H35N3O7S. The van der Waals surface area contributed by atoms with E-state index >= 15 is 0 Å². The Labute approximate surface area is 201 Å². The Balaban J connectivity index is 1.37. The molecule has 0 atom stereocenters. The first-order valence-electron chi connectivity index (χ1n) is 11.6. The molecule has 2 heterocycles. The number of hydrogen-bond acceptors (Lipinski definition) is 7. The van der Waals surface area contributed by atoms with Crippen molar-refractivity contribution in [2.45, 2.75) is 70.9 Å². The highest BCUT2D eigenvalue weighted by Gasteiger charge is 2.33. The van der Waals surface area contributed by atoms with Crippen LogP contribution in [-0.2, 0) is 31.0 Å². The molecule has 2 aliphatic heterocycles. The number of benzene rings is 1. The minimum Gasteiger partial charge on any atom is -0.444 e. The van der Waals surface area contributed by atoms with Crippen molar-refractivity contribution < 1.29 is 32.2 Å². The summed E-state index contributed by atoms with van der Waals surface area (Å²) in [5.41, 5.74) is 0.247. The number of piperidine rings is 2. The predicted molar refractivity (Wildman–Crippen MR) is 125 cm³/mol. The second-order valence-electron chi connectivity index (χ2n) is 9.57. The number of carbonyl (C=O) groups excluding carboxylic acids is 2. The van der Waals surface area contributed by atoms with E-state index < -0.39 is 21.9 Å². The summed E-state index contributed by atoms with van der Waals surface area (Å²) in [4.78, 5) is 25.8. The number of carbonyl (C=O) groups is 2. The topological polar surface area (TPSA) is 114 Å². The number of rotatable bonds is 6. The van der Waals surface area contributed by atoms with Crippen LogP contribution >= 0.6 is 0 Å². The smallest absolute Gasteiger partial charge is 0.422 e. The van der Waals surface area contributed by atoms with E-state index in [1.807, 2.05) is 43.7 Å². The van der Waals surface area contributed by atoms with E-state index in [-0.39, 0.29) is 38.0 Å². The Morgan fingerprint density at radius 3 is 2.09 bits per heavy atom. The first kappa shape index (κ1) is 26.2. The monoisotopic (exact) mass is 497 g/mol. The number of likely N-dealkylation sites (tertiary alicyclic amines) is 1. The highest BCUT2D eigenvalue weighted by Crippen LogP contribution is 2.23. The van der Waals surface area contributed by atoms with Gasteiger partial charge in [0, 0.05) is 26.2 Å². The van der Waals surface area contributed by atoms with Gasteiger partial charge in [-0.25, -0.2) is 14.3 Å². The average molecular weight is 498 g/mol. The van der Waals surface area contributed by atoms with E-state index in [0.29, 0.717) is 38.8 Å². The fraction of sp³-hybridized carbons (Fsp3) is 0.652. The van der Waals surface area contributed by atoms with Crippen molar-refractivity contribution in [3.63, 3.8) is 0 Å². The lowest BCUT2D eigenvalue weighted by molar-refractivity contribution is -0.0606. The third-order valence-electron chi connectivity index (χ3n) is 5.64. The van der Waals surface area contributed by atoms with Crippen LogP contribution in [0, 0.1) is 0 Å². The van der Waals surface area contributed by atoms with Gasteiger partial charge in [0.2, 0.25) is 0 Å². The van der Waals surface area contributed by atoms with E-state index in [2.05, 4.69) is 0 Å². The van der Waals surface area contributed by atoms with Crippen molar-refractivity contribution in [1.29, 1.82) is 0 Å². The van der Waals surface area contributed by atoms with Gasteiger partial charge in [-0.05, 0) is 52.0 Å². The van der Waals surface area contributed by atoms with Gasteiger partial charge in [0.1, 0.15) is 12.2 Å². The molecular weight excluding hydrogens is 462 g/mol. The molecule has 2 fully saturated rings. The summed E-state index contributed by atoms with van der Waals surface area (Å²) in [6.07, 6.45) is 1.16. The number of nitrogens with one attached hydrogen (secondary N) is 1. The molecule has 3 rings (SSSR count). The third-order valence-corrected chi connectivity index (χ3v) is 7.11. The minimum absolute atomic E-state index is 0.00908. The first-order valence-corrected chi connectivity index (χ1v) is 13.1. The maximum absolute atomic E-state index is 12.5. The van der Waals surface area contributed by atoms with Crippen LogP contribution < -0.4 is 4.72 Å². The van der Waals surface area contributed by atoms with Crippen LogP contribution in [0.2, 0.25) is 0 Å². The standard InChI is InChI=1S/C23H35N3O7S/c1-23(2,3)33-22(28)25-13-9-19(10-14-25)32-20-11-15-26(16-12-20)34(29,30)24-21(27)31-17-18-7-5-4-6-8-18/h4-8,19-20H,9-17H2,1-3H3,(H,24,27). The molecule has 0 unspecified atom stereocenters. The van der Waals surface area contributed by atoms with E-state index in [1.54, 1.807) is 17.0 Å². The molecule has 0 aromatic heterocycles. The normalized spacial score (nSPS) is 19.0. The van der Waals surface area contributed by atoms with Crippen LogP contribution in [0.25, 0.3) is 0 Å². The maximum Gasteiger partial charge on any atom is 0.422 e. The average Bonchev–Trinajstić information content (AvgIpc) is 2.78. The molecule has 1 aromatic carbocycles. The predicted octanol–water partition coefficient (Wildman–Crippen LogP) is 3.04. The van der Waals surface area contributed by atoms with E-state index in [4.69, 9.17) is 14.2 Å². The Bertz CT molecular complexity index is 918. The van der Waals surface area contributed by atoms with Crippen LogP contribution in [0.4, 0.5) is 9.59 Å². The van der Waals surface area contributed by atoms with Crippen LogP contribution in [0.1, 0.15) is 52.0 Å². The molecule has 1 N–H and O–H groups in total. The Morgan fingerprint density at radius 1 is 0.971 bits per heavy atom. The lowest BCUT2D eigenvalue weighted by atomic mass is 10.1. The zero-order valence-electron chi connectivity index (χ0n) is 20.1. The molecule has 34 heavy (non-hydrogen) atoms. The molecule has 190 valence electrons. The van der Waals surface area contributed by atoms with Crippen LogP contribution in [-0.4, -0.2) is 73.8 Å². The second kappa shape index (κ2) is 11.4. The van der Waals surface area contributed by atoms with Gasteiger partial charge in [0.25, 0.3) is 0 Å². The summed E-state index contributed by atoms with van der Waals surface area (Å²) in [5.74, 6) is 0. The summed E-state index contributed by atoms with van der Waals surface area (Å²) in [5, 5.41) is 0. The summed E-state index contributed by atoms with van der Waals surface area (Å²) in [6, 6.07) is 9.03. The largest absolute Gasteiger partial charge is 0.444 e. The highest BCUT2D eigenvalue weighted by atomic mass is 32.2. The third kappa shape index (κ3) is 8.14. The minimum atomic E-state index is -3.98. The lowest BCUT2D eigenvalue weighted by Gasteiger charge is -2.37. The molecule has 0 aliphatic carbocycles.